The number of halogens is 4. The zero-order valence-corrected chi connectivity index (χ0v) is 18.3. The lowest BCUT2D eigenvalue weighted by molar-refractivity contribution is -0.145. The zero-order valence-electron chi connectivity index (χ0n) is 18.3. The van der Waals surface area contributed by atoms with Crippen LogP contribution in [0.15, 0.2) is 48.5 Å². The number of benzene rings is 2. The summed E-state index contributed by atoms with van der Waals surface area (Å²) < 4.78 is 60.4. The molecule has 1 amide bonds. The van der Waals surface area contributed by atoms with Gasteiger partial charge in [0.1, 0.15) is 31.2 Å². The molecule has 2 rings (SSSR count). The Morgan fingerprint density at radius 1 is 1.03 bits per heavy atom. The average Bonchev–Trinajstić information content (AvgIpc) is 2.82. The third-order valence-electron chi connectivity index (χ3n) is 4.86. The van der Waals surface area contributed by atoms with Gasteiger partial charge in [-0.25, -0.2) is 9.18 Å². The summed E-state index contributed by atoms with van der Waals surface area (Å²) >= 11 is 0. The van der Waals surface area contributed by atoms with E-state index in [1.165, 1.54) is 12.1 Å². The van der Waals surface area contributed by atoms with Crippen LogP contribution in [-0.4, -0.2) is 55.6 Å². The minimum absolute atomic E-state index is 0.0833. The van der Waals surface area contributed by atoms with Crippen molar-refractivity contribution in [3.63, 3.8) is 0 Å². The van der Waals surface area contributed by atoms with Crippen molar-refractivity contribution in [1.29, 1.82) is 0 Å². The molecule has 2 unspecified atom stereocenters. The number of aliphatic hydroxyl groups excluding tert-OH is 1. The second-order valence-electron chi connectivity index (χ2n) is 7.56. The number of nitrogens with two attached hydrogens (primary N) is 1. The summed E-state index contributed by atoms with van der Waals surface area (Å²) in [6, 6.07) is 8.50. The molecule has 34 heavy (non-hydrogen) atoms. The highest BCUT2D eigenvalue weighted by molar-refractivity contribution is 5.87. The largest absolute Gasteiger partial charge is 0.491 e. The van der Waals surface area contributed by atoms with E-state index in [1.807, 2.05) is 0 Å². The van der Waals surface area contributed by atoms with E-state index in [0.717, 1.165) is 19.2 Å². The Morgan fingerprint density at radius 3 is 2.12 bits per heavy atom. The zero-order chi connectivity index (χ0) is 25.3. The molecule has 0 saturated carbocycles. The normalized spacial score (nSPS) is 14.1. The number of nitrogens with one attached hydrogen (secondary N) is 1. The van der Waals surface area contributed by atoms with Crippen molar-refractivity contribution in [3.8, 4) is 5.75 Å². The first-order chi connectivity index (χ1) is 16.0. The number of alkyl halides is 4. The molecule has 0 heterocycles. The lowest BCUT2D eigenvalue weighted by Gasteiger charge is -2.20. The first-order valence-corrected chi connectivity index (χ1v) is 10.3. The van der Waals surface area contributed by atoms with Crippen LogP contribution >= 0.6 is 0 Å². The highest BCUT2D eigenvalue weighted by Crippen LogP contribution is 2.29. The minimum atomic E-state index is -4.48. The Balaban J connectivity index is 1.97. The summed E-state index contributed by atoms with van der Waals surface area (Å²) in [7, 11) is 1.13. The molecule has 2 aromatic carbocycles. The molecule has 4 N–H and O–H groups in total. The van der Waals surface area contributed by atoms with E-state index >= 15 is 0 Å². The van der Waals surface area contributed by atoms with Crippen LogP contribution in [-0.2, 0) is 33.3 Å². The van der Waals surface area contributed by atoms with Crippen LogP contribution in [0, 0.1) is 0 Å². The summed E-state index contributed by atoms with van der Waals surface area (Å²) in [6.07, 6.45) is -5.67. The van der Waals surface area contributed by atoms with Crippen molar-refractivity contribution >= 4 is 11.9 Å². The number of hydrogen-bond acceptors (Lipinski definition) is 6. The Morgan fingerprint density at radius 2 is 1.59 bits per heavy atom. The van der Waals surface area contributed by atoms with Crippen molar-refractivity contribution in [2.24, 2.45) is 5.73 Å². The summed E-state index contributed by atoms with van der Waals surface area (Å²) in [5.41, 5.74) is 6.21. The third-order valence-corrected chi connectivity index (χ3v) is 4.86. The van der Waals surface area contributed by atoms with Gasteiger partial charge in [-0.2, -0.15) is 13.2 Å². The molecule has 0 saturated heterocycles. The van der Waals surface area contributed by atoms with Crippen molar-refractivity contribution in [1.82, 2.24) is 5.32 Å². The fraction of sp³-hybridized carbons (Fsp3) is 0.391. The lowest BCUT2D eigenvalue weighted by atomic mass is 10.0. The maximum Gasteiger partial charge on any atom is 0.416 e. The Labute approximate surface area is 193 Å². The quantitative estimate of drug-likeness (QED) is 0.332. The van der Waals surface area contributed by atoms with Gasteiger partial charge in [0, 0.05) is 6.42 Å². The van der Waals surface area contributed by atoms with Gasteiger partial charge in [-0.3, -0.25) is 4.79 Å². The van der Waals surface area contributed by atoms with Crippen LogP contribution in [0.1, 0.15) is 16.7 Å². The highest BCUT2D eigenvalue weighted by Gasteiger charge is 2.30. The number of aliphatic hydroxyl groups is 1. The number of methoxy groups -OCH3 is 1. The van der Waals surface area contributed by atoms with Gasteiger partial charge < -0.3 is 25.6 Å². The monoisotopic (exact) mass is 486 g/mol. The van der Waals surface area contributed by atoms with Gasteiger partial charge in [0.2, 0.25) is 5.91 Å². The average molecular weight is 486 g/mol. The van der Waals surface area contributed by atoms with Crippen LogP contribution < -0.4 is 15.8 Å². The number of esters is 1. The Kier molecular flexibility index (Phi) is 9.82. The second-order valence-corrected chi connectivity index (χ2v) is 7.56. The summed E-state index contributed by atoms with van der Waals surface area (Å²) in [5, 5.41) is 11.7. The molecule has 0 aliphatic heterocycles. The van der Waals surface area contributed by atoms with E-state index in [9.17, 15) is 32.3 Å². The number of hydrogen-bond donors (Lipinski definition) is 3. The molecule has 186 valence electrons. The predicted molar refractivity (Wildman–Crippen MR) is 115 cm³/mol. The van der Waals surface area contributed by atoms with E-state index in [-0.39, 0.29) is 19.4 Å². The summed E-state index contributed by atoms with van der Waals surface area (Å²) in [5.74, 6) is -1.01. The van der Waals surface area contributed by atoms with Gasteiger partial charge in [0.15, 0.2) is 0 Å². The van der Waals surface area contributed by atoms with E-state index in [1.54, 1.807) is 24.3 Å². The van der Waals surface area contributed by atoms with Crippen LogP contribution in [0.5, 0.6) is 5.75 Å². The summed E-state index contributed by atoms with van der Waals surface area (Å²) in [4.78, 5) is 24.7. The van der Waals surface area contributed by atoms with Crippen molar-refractivity contribution in [2.45, 2.75) is 37.2 Å². The SMILES string of the molecule is COC(=O)C(Cc1ccc(C(F)(F)F)cc1)NC(=O)[C@@H](N)Cc1ccc(OCC(O)CF)cc1. The van der Waals surface area contributed by atoms with E-state index in [0.29, 0.717) is 16.9 Å². The topological polar surface area (TPSA) is 111 Å². The number of carbonyl (C=O) groups excluding carboxylic acids is 2. The maximum atomic E-state index is 12.7. The molecule has 0 fully saturated rings. The van der Waals surface area contributed by atoms with Gasteiger partial charge in [0.05, 0.1) is 18.7 Å². The van der Waals surface area contributed by atoms with Crippen LogP contribution in [0.25, 0.3) is 0 Å². The fourth-order valence-corrected chi connectivity index (χ4v) is 2.99. The molecule has 11 heteroatoms. The predicted octanol–water partition coefficient (Wildman–Crippen LogP) is 2.18. The van der Waals surface area contributed by atoms with Crippen molar-refractivity contribution in [2.75, 3.05) is 20.4 Å². The molecule has 0 aromatic heterocycles. The highest BCUT2D eigenvalue weighted by atomic mass is 19.4. The first kappa shape index (κ1) is 27.1. The number of ether oxygens (including phenoxy) is 2. The molecule has 0 aliphatic carbocycles. The van der Waals surface area contributed by atoms with Gasteiger partial charge in [0.25, 0.3) is 0 Å². The molecule has 2 aromatic rings. The molecular weight excluding hydrogens is 460 g/mol. The first-order valence-electron chi connectivity index (χ1n) is 10.3. The van der Waals surface area contributed by atoms with Crippen molar-refractivity contribution < 1.29 is 41.7 Å². The Hall–Kier alpha value is -3.18. The minimum Gasteiger partial charge on any atom is -0.491 e. The third kappa shape index (κ3) is 8.31. The number of amides is 1. The van der Waals surface area contributed by atoms with Crippen molar-refractivity contribution in [3.05, 3.63) is 65.2 Å². The molecule has 0 bridgehead atoms. The lowest BCUT2D eigenvalue weighted by Crippen LogP contribution is -2.50. The molecule has 7 nitrogen and oxygen atoms in total. The number of carbonyl (C=O) groups is 2. The van der Waals surface area contributed by atoms with Crippen LogP contribution in [0.3, 0.4) is 0 Å². The second kappa shape index (κ2) is 12.3. The summed E-state index contributed by atoms with van der Waals surface area (Å²) in [6.45, 7) is -1.13. The molecule has 0 spiro atoms. The maximum absolute atomic E-state index is 12.7. The van der Waals surface area contributed by atoms with Gasteiger partial charge in [-0.1, -0.05) is 24.3 Å². The molecule has 3 atom stereocenters. The van der Waals surface area contributed by atoms with E-state index < -0.39 is 48.5 Å². The van der Waals surface area contributed by atoms with E-state index in [4.69, 9.17) is 15.2 Å². The van der Waals surface area contributed by atoms with Gasteiger partial charge >= 0.3 is 12.1 Å². The molecule has 0 aliphatic rings. The van der Waals surface area contributed by atoms with Crippen LogP contribution in [0.2, 0.25) is 0 Å². The van der Waals surface area contributed by atoms with E-state index in [2.05, 4.69) is 5.32 Å². The Bertz CT molecular complexity index is 936. The van der Waals surface area contributed by atoms with Gasteiger partial charge in [-0.15, -0.1) is 0 Å². The standard InChI is InChI=1S/C23H26F4N2O5/c1-33-22(32)20(11-15-2-6-16(7-3-15)23(25,26)27)29-21(31)19(28)10-14-4-8-18(9-5-14)34-13-17(30)12-24/h2-9,17,19-20,30H,10-13,28H2,1H3,(H,29,31)/t17?,19-,20?/m0/s1. The smallest absolute Gasteiger partial charge is 0.416 e. The van der Waals surface area contributed by atoms with Crippen LogP contribution in [0.4, 0.5) is 17.6 Å². The van der Waals surface area contributed by atoms with Gasteiger partial charge in [-0.05, 0) is 41.8 Å². The molecule has 0 radical (unpaired) electrons. The molecular formula is C23H26F4N2O5. The fourth-order valence-electron chi connectivity index (χ4n) is 2.99. The number of rotatable bonds is 11.